The maximum absolute atomic E-state index is 3.12. The van der Waals surface area contributed by atoms with Crippen LogP contribution < -0.4 is 0 Å². The Bertz CT molecular complexity index is 1400. The van der Waals surface area contributed by atoms with E-state index in [0.717, 1.165) is 0 Å². The summed E-state index contributed by atoms with van der Waals surface area (Å²) in [4.78, 5) is 0. The van der Waals surface area contributed by atoms with E-state index in [-0.39, 0.29) is 0 Å². The number of rotatable bonds is 5. The minimum absolute atomic E-state index is 0.460. The third kappa shape index (κ3) is 4.79. The molecule has 164 valence electrons. The van der Waals surface area contributed by atoms with E-state index in [2.05, 4.69) is 129 Å². The first kappa shape index (κ1) is 21.7. The van der Waals surface area contributed by atoms with Crippen LogP contribution >= 0.6 is 0 Å². The van der Waals surface area contributed by atoms with Gasteiger partial charge in [0.15, 0.2) is 0 Å². The molecule has 0 amide bonds. The van der Waals surface area contributed by atoms with Crippen LogP contribution in [0.1, 0.15) is 30.9 Å². The lowest BCUT2D eigenvalue weighted by molar-refractivity contribution is 0.867. The minimum atomic E-state index is 0.460. The van der Waals surface area contributed by atoms with Gasteiger partial charge in [-0.1, -0.05) is 117 Å². The molecule has 0 bridgehead atoms. The standard InChI is InChI=1S/C34H28/c1-25(2)32-22-33(30-18-14-28(15-19-30)26-10-6-3-4-7-11-26)24-34(23-32)31-20-16-29(17-21-31)27-12-8-5-9-13-27/h3,5-25H,1-2H3. The highest BCUT2D eigenvalue weighted by Gasteiger charge is 2.09. The quantitative estimate of drug-likeness (QED) is 0.273. The second-order valence-electron chi connectivity index (χ2n) is 9.00. The molecule has 0 unspecified atom stereocenters. The fraction of sp³-hybridized carbons (Fsp3) is 0.0882. The third-order valence-corrected chi connectivity index (χ3v) is 6.33. The van der Waals surface area contributed by atoms with Crippen molar-refractivity contribution in [1.29, 1.82) is 0 Å². The molecule has 34 heavy (non-hydrogen) atoms. The second-order valence-corrected chi connectivity index (χ2v) is 9.00. The number of benzene rings is 4. The van der Waals surface area contributed by atoms with Crippen molar-refractivity contribution >= 4 is 5.57 Å². The summed E-state index contributed by atoms with van der Waals surface area (Å²) in [5, 5.41) is 0. The molecule has 4 aromatic rings. The van der Waals surface area contributed by atoms with Crippen molar-refractivity contribution in [3.05, 3.63) is 144 Å². The van der Waals surface area contributed by atoms with E-state index in [1.54, 1.807) is 0 Å². The fourth-order valence-electron chi connectivity index (χ4n) is 4.31. The Morgan fingerprint density at radius 1 is 0.529 bits per heavy atom. The summed E-state index contributed by atoms with van der Waals surface area (Å²) in [5.74, 6) is 0.460. The van der Waals surface area contributed by atoms with E-state index in [1.807, 2.05) is 18.2 Å². The van der Waals surface area contributed by atoms with Crippen LogP contribution in [-0.2, 0) is 0 Å². The van der Waals surface area contributed by atoms with Crippen molar-refractivity contribution in [2.24, 2.45) is 0 Å². The SMILES string of the molecule is CC(C)c1cc(-c2ccc(C3=CC=C=CC=C3)cc2)cc(-c2ccc(-c3ccccc3)cc2)c1. The summed E-state index contributed by atoms with van der Waals surface area (Å²) in [6.07, 6.45) is 10.2. The summed E-state index contributed by atoms with van der Waals surface area (Å²) in [5.41, 5.74) is 14.4. The van der Waals surface area contributed by atoms with Crippen molar-refractivity contribution in [1.82, 2.24) is 0 Å². The first-order chi connectivity index (χ1) is 16.7. The lowest BCUT2D eigenvalue weighted by atomic mass is 9.91. The molecule has 1 aliphatic rings. The van der Waals surface area contributed by atoms with E-state index < -0.39 is 0 Å². The molecular formula is C34H28. The third-order valence-electron chi connectivity index (χ3n) is 6.33. The van der Waals surface area contributed by atoms with Crippen molar-refractivity contribution in [2.75, 3.05) is 0 Å². The van der Waals surface area contributed by atoms with Crippen LogP contribution in [0, 0.1) is 0 Å². The van der Waals surface area contributed by atoms with Gasteiger partial charge in [0.05, 0.1) is 0 Å². The first-order valence-electron chi connectivity index (χ1n) is 11.9. The number of hydrogen-bond donors (Lipinski definition) is 0. The summed E-state index contributed by atoms with van der Waals surface area (Å²) >= 11 is 0. The molecular weight excluding hydrogens is 408 g/mol. The van der Waals surface area contributed by atoms with Gasteiger partial charge in [-0.15, -0.1) is 5.73 Å². The van der Waals surface area contributed by atoms with E-state index in [0.29, 0.717) is 5.92 Å². The largest absolute Gasteiger partial charge is 0.121 e. The molecule has 0 heterocycles. The predicted octanol–water partition coefficient (Wildman–Crippen LogP) is 9.48. The van der Waals surface area contributed by atoms with E-state index in [9.17, 15) is 0 Å². The fourth-order valence-corrected chi connectivity index (χ4v) is 4.31. The van der Waals surface area contributed by atoms with E-state index in [1.165, 1.54) is 50.1 Å². The maximum atomic E-state index is 3.12. The molecule has 0 radical (unpaired) electrons. The van der Waals surface area contributed by atoms with Crippen LogP contribution in [0.3, 0.4) is 0 Å². The molecule has 0 aromatic heterocycles. The van der Waals surface area contributed by atoms with Crippen LogP contribution in [0.25, 0.3) is 39.0 Å². The average Bonchev–Trinajstić information content (AvgIpc) is 3.19. The lowest BCUT2D eigenvalue weighted by Gasteiger charge is -2.14. The monoisotopic (exact) mass is 436 g/mol. The number of allylic oxidation sites excluding steroid dienone is 5. The normalized spacial score (nSPS) is 12.6. The van der Waals surface area contributed by atoms with Gasteiger partial charge in [0.1, 0.15) is 0 Å². The summed E-state index contributed by atoms with van der Waals surface area (Å²) in [6.45, 7) is 4.52. The molecule has 0 saturated carbocycles. The van der Waals surface area contributed by atoms with Crippen LogP contribution in [0.15, 0.2) is 133 Å². The van der Waals surface area contributed by atoms with Gasteiger partial charge in [-0.3, -0.25) is 0 Å². The highest BCUT2D eigenvalue weighted by molar-refractivity contribution is 5.80. The Hall–Kier alpha value is -4.12. The summed E-state index contributed by atoms with van der Waals surface area (Å²) in [7, 11) is 0. The van der Waals surface area contributed by atoms with Crippen LogP contribution in [-0.4, -0.2) is 0 Å². The number of hydrogen-bond acceptors (Lipinski definition) is 0. The van der Waals surface area contributed by atoms with Gasteiger partial charge in [-0.2, -0.15) is 0 Å². The first-order valence-corrected chi connectivity index (χ1v) is 11.9. The Morgan fingerprint density at radius 3 is 1.65 bits per heavy atom. The topological polar surface area (TPSA) is 0 Å². The summed E-state index contributed by atoms with van der Waals surface area (Å²) in [6, 6.07) is 35.3. The van der Waals surface area contributed by atoms with Gasteiger partial charge in [-0.05, 0) is 80.3 Å². The molecule has 0 saturated heterocycles. The van der Waals surface area contributed by atoms with Crippen molar-refractivity contribution in [3.63, 3.8) is 0 Å². The van der Waals surface area contributed by atoms with E-state index >= 15 is 0 Å². The molecule has 0 spiro atoms. The molecule has 0 atom stereocenters. The highest BCUT2D eigenvalue weighted by Crippen LogP contribution is 2.33. The molecule has 0 aliphatic heterocycles. The molecule has 4 aromatic carbocycles. The maximum Gasteiger partial charge on any atom is -0.0175 e. The molecule has 0 N–H and O–H groups in total. The average molecular weight is 437 g/mol. The zero-order valence-corrected chi connectivity index (χ0v) is 19.7. The Kier molecular flexibility index (Phi) is 6.25. The molecule has 0 fully saturated rings. The summed E-state index contributed by atoms with van der Waals surface area (Å²) < 4.78 is 0. The van der Waals surface area contributed by atoms with Crippen molar-refractivity contribution < 1.29 is 0 Å². The second kappa shape index (κ2) is 9.79. The van der Waals surface area contributed by atoms with Crippen LogP contribution in [0.2, 0.25) is 0 Å². The molecule has 0 nitrogen and oxygen atoms in total. The Morgan fingerprint density at radius 2 is 1.06 bits per heavy atom. The van der Waals surface area contributed by atoms with Crippen molar-refractivity contribution in [2.45, 2.75) is 19.8 Å². The van der Waals surface area contributed by atoms with Crippen LogP contribution in [0.5, 0.6) is 0 Å². The van der Waals surface area contributed by atoms with Crippen LogP contribution in [0.4, 0.5) is 0 Å². The highest BCUT2D eigenvalue weighted by atomic mass is 14.1. The lowest BCUT2D eigenvalue weighted by Crippen LogP contribution is -1.91. The van der Waals surface area contributed by atoms with Gasteiger partial charge in [-0.25, -0.2) is 0 Å². The minimum Gasteiger partial charge on any atom is -0.121 e. The predicted molar refractivity (Wildman–Crippen MR) is 147 cm³/mol. The van der Waals surface area contributed by atoms with Gasteiger partial charge >= 0.3 is 0 Å². The molecule has 5 rings (SSSR count). The van der Waals surface area contributed by atoms with E-state index in [4.69, 9.17) is 0 Å². The zero-order chi connectivity index (χ0) is 23.3. The van der Waals surface area contributed by atoms with Gasteiger partial charge in [0.25, 0.3) is 0 Å². The van der Waals surface area contributed by atoms with Gasteiger partial charge < -0.3 is 0 Å². The molecule has 1 aliphatic carbocycles. The molecule has 0 heteroatoms. The van der Waals surface area contributed by atoms with Gasteiger partial charge in [0.2, 0.25) is 0 Å². The smallest absolute Gasteiger partial charge is 0.0175 e. The Balaban J connectivity index is 1.49. The Labute approximate surface area is 202 Å². The van der Waals surface area contributed by atoms with Crippen molar-refractivity contribution in [3.8, 4) is 33.4 Å². The van der Waals surface area contributed by atoms with Gasteiger partial charge in [0, 0.05) is 0 Å². The zero-order valence-electron chi connectivity index (χ0n) is 19.7.